The van der Waals surface area contributed by atoms with Gasteiger partial charge < -0.3 is 24.1 Å². The monoisotopic (exact) mass is 496 g/mol. The van der Waals surface area contributed by atoms with Gasteiger partial charge in [-0.2, -0.15) is 0 Å². The predicted octanol–water partition coefficient (Wildman–Crippen LogP) is 5.96. The van der Waals surface area contributed by atoms with Crippen molar-refractivity contribution in [3.8, 4) is 22.6 Å². The number of carbonyl (C=O) groups is 1. The molecular formula is C31H32N2O4. The number of carbonyl (C=O) groups excluding carboxylic acids is 1. The summed E-state index contributed by atoms with van der Waals surface area (Å²) < 4.78 is 18.3. The minimum absolute atomic E-state index is 0.00207. The molecular weight excluding hydrogens is 464 g/mol. The van der Waals surface area contributed by atoms with E-state index in [9.17, 15) is 4.79 Å². The van der Waals surface area contributed by atoms with Gasteiger partial charge in [-0.05, 0) is 61.2 Å². The topological polar surface area (TPSA) is 63.8 Å². The summed E-state index contributed by atoms with van der Waals surface area (Å²) in [6.45, 7) is 8.86. The maximum Gasteiger partial charge on any atom is 0.256 e. The Bertz CT molecular complexity index is 1480. The number of rotatable bonds is 4. The normalized spacial score (nSPS) is 17.4. The van der Waals surface area contributed by atoms with Crippen molar-refractivity contribution >= 4 is 16.8 Å². The Kier molecular flexibility index (Phi) is 6.13. The first kappa shape index (κ1) is 23.6. The van der Waals surface area contributed by atoms with E-state index in [0.717, 1.165) is 51.2 Å². The SMILES string of the molecule is Cc1ccccc1-c1cc2c(c(OC3CCOC3)c1)OCCN(C(=O)c1cccc3c(C)c(C)[nH]c13)C2. The summed E-state index contributed by atoms with van der Waals surface area (Å²) >= 11 is 0. The van der Waals surface area contributed by atoms with Crippen LogP contribution in [0.1, 0.15) is 39.2 Å². The van der Waals surface area contributed by atoms with Crippen LogP contribution in [0.15, 0.2) is 54.6 Å². The highest BCUT2D eigenvalue weighted by molar-refractivity contribution is 6.06. The Labute approximate surface area is 217 Å². The molecule has 3 aromatic carbocycles. The lowest BCUT2D eigenvalue weighted by molar-refractivity contribution is 0.0734. The molecule has 1 saturated heterocycles. The van der Waals surface area contributed by atoms with Crippen LogP contribution in [-0.2, 0) is 11.3 Å². The van der Waals surface area contributed by atoms with E-state index < -0.39 is 0 Å². The molecule has 6 rings (SSSR count). The van der Waals surface area contributed by atoms with Gasteiger partial charge in [0.05, 0.1) is 30.8 Å². The predicted molar refractivity (Wildman–Crippen MR) is 144 cm³/mol. The third-order valence-corrected chi connectivity index (χ3v) is 7.60. The summed E-state index contributed by atoms with van der Waals surface area (Å²) in [6, 6.07) is 18.5. The van der Waals surface area contributed by atoms with Gasteiger partial charge in [0.2, 0.25) is 0 Å². The first-order valence-corrected chi connectivity index (χ1v) is 13.0. The fraction of sp³-hybridized carbons (Fsp3) is 0.323. The average Bonchev–Trinajstić information content (AvgIpc) is 3.44. The Morgan fingerprint density at radius 1 is 1.05 bits per heavy atom. The van der Waals surface area contributed by atoms with Crippen LogP contribution in [0.2, 0.25) is 0 Å². The number of fused-ring (bicyclic) bond motifs is 2. The molecule has 1 unspecified atom stereocenters. The fourth-order valence-electron chi connectivity index (χ4n) is 5.41. The molecule has 6 nitrogen and oxygen atoms in total. The van der Waals surface area contributed by atoms with Gasteiger partial charge >= 0.3 is 0 Å². The minimum atomic E-state index is -0.00347. The second kappa shape index (κ2) is 9.60. The summed E-state index contributed by atoms with van der Waals surface area (Å²) in [5.74, 6) is 1.44. The van der Waals surface area contributed by atoms with Crippen molar-refractivity contribution in [1.82, 2.24) is 9.88 Å². The molecule has 0 radical (unpaired) electrons. The van der Waals surface area contributed by atoms with Gasteiger partial charge in [-0.25, -0.2) is 0 Å². The van der Waals surface area contributed by atoms with Gasteiger partial charge in [-0.1, -0.05) is 36.4 Å². The minimum Gasteiger partial charge on any atom is -0.487 e. The zero-order valence-corrected chi connectivity index (χ0v) is 21.6. The van der Waals surface area contributed by atoms with Crippen molar-refractivity contribution in [2.24, 2.45) is 0 Å². The quantitative estimate of drug-likeness (QED) is 0.379. The molecule has 1 fully saturated rings. The largest absolute Gasteiger partial charge is 0.487 e. The molecule has 1 aromatic heterocycles. The molecule has 1 atom stereocenters. The Morgan fingerprint density at radius 2 is 1.92 bits per heavy atom. The summed E-state index contributed by atoms with van der Waals surface area (Å²) in [5, 5.41) is 1.09. The maximum absolute atomic E-state index is 13.9. The van der Waals surface area contributed by atoms with Gasteiger partial charge in [0.15, 0.2) is 11.5 Å². The maximum atomic E-state index is 13.9. The van der Waals surface area contributed by atoms with Gasteiger partial charge in [0, 0.05) is 29.6 Å². The van der Waals surface area contributed by atoms with E-state index in [1.54, 1.807) is 0 Å². The van der Waals surface area contributed by atoms with Crippen molar-refractivity contribution in [3.63, 3.8) is 0 Å². The number of amides is 1. The van der Waals surface area contributed by atoms with Crippen molar-refractivity contribution in [3.05, 3.63) is 82.5 Å². The Hall–Kier alpha value is -3.77. The number of ether oxygens (including phenoxy) is 3. The van der Waals surface area contributed by atoms with E-state index in [1.165, 1.54) is 11.1 Å². The van der Waals surface area contributed by atoms with Gasteiger partial charge in [-0.15, -0.1) is 0 Å². The number of aromatic amines is 1. The van der Waals surface area contributed by atoms with E-state index in [2.05, 4.69) is 49.2 Å². The molecule has 0 saturated carbocycles. The Morgan fingerprint density at radius 3 is 2.73 bits per heavy atom. The third kappa shape index (κ3) is 4.36. The lowest BCUT2D eigenvalue weighted by Gasteiger charge is -2.22. The second-order valence-electron chi connectivity index (χ2n) is 10.1. The first-order valence-electron chi connectivity index (χ1n) is 13.0. The molecule has 0 bridgehead atoms. The van der Waals surface area contributed by atoms with Crippen molar-refractivity contribution < 1.29 is 19.0 Å². The van der Waals surface area contributed by atoms with E-state index >= 15 is 0 Å². The molecule has 1 N–H and O–H groups in total. The highest BCUT2D eigenvalue weighted by Crippen LogP contribution is 2.40. The molecule has 0 spiro atoms. The second-order valence-corrected chi connectivity index (χ2v) is 10.1. The van der Waals surface area contributed by atoms with E-state index in [0.29, 0.717) is 38.5 Å². The van der Waals surface area contributed by atoms with Crippen LogP contribution >= 0.6 is 0 Å². The zero-order chi connectivity index (χ0) is 25.5. The average molecular weight is 497 g/mol. The standard InChI is InChI=1S/C31H32N2O4/c1-19-7-4-5-8-25(19)22-15-23-17-33(12-14-36-30(23)28(16-22)37-24-11-13-35-18-24)31(34)27-10-6-9-26-20(2)21(3)32-29(26)27/h4-10,15-16,24,32H,11-14,17-18H2,1-3H3. The molecule has 2 aliphatic rings. The third-order valence-electron chi connectivity index (χ3n) is 7.60. The highest BCUT2D eigenvalue weighted by atomic mass is 16.6. The molecule has 4 aromatic rings. The number of aryl methyl sites for hydroxylation is 3. The number of hydrogen-bond donors (Lipinski definition) is 1. The lowest BCUT2D eigenvalue weighted by Crippen LogP contribution is -2.32. The van der Waals surface area contributed by atoms with E-state index in [1.807, 2.05) is 36.1 Å². The summed E-state index contributed by atoms with van der Waals surface area (Å²) in [6.07, 6.45) is 0.852. The summed E-state index contributed by atoms with van der Waals surface area (Å²) in [7, 11) is 0. The van der Waals surface area contributed by atoms with Crippen molar-refractivity contribution in [1.29, 1.82) is 0 Å². The summed E-state index contributed by atoms with van der Waals surface area (Å²) in [5.41, 5.74) is 8.17. The molecule has 1 amide bonds. The van der Waals surface area contributed by atoms with Crippen molar-refractivity contribution in [2.45, 2.75) is 39.8 Å². The van der Waals surface area contributed by atoms with Crippen LogP contribution in [0.5, 0.6) is 11.5 Å². The van der Waals surface area contributed by atoms with E-state index in [4.69, 9.17) is 14.2 Å². The number of para-hydroxylation sites is 1. The highest BCUT2D eigenvalue weighted by Gasteiger charge is 2.28. The van der Waals surface area contributed by atoms with Gasteiger partial charge in [0.25, 0.3) is 5.91 Å². The van der Waals surface area contributed by atoms with Crippen LogP contribution in [0, 0.1) is 20.8 Å². The van der Waals surface area contributed by atoms with Crippen LogP contribution in [0.3, 0.4) is 0 Å². The molecule has 6 heteroatoms. The zero-order valence-electron chi connectivity index (χ0n) is 21.6. The molecule has 3 heterocycles. The number of H-pyrrole nitrogens is 1. The number of nitrogens with one attached hydrogen (secondary N) is 1. The molecule has 37 heavy (non-hydrogen) atoms. The Balaban J connectivity index is 1.40. The van der Waals surface area contributed by atoms with E-state index in [-0.39, 0.29) is 12.0 Å². The summed E-state index contributed by atoms with van der Waals surface area (Å²) in [4.78, 5) is 19.2. The lowest BCUT2D eigenvalue weighted by atomic mass is 9.97. The van der Waals surface area contributed by atoms with Crippen LogP contribution in [-0.4, -0.2) is 48.3 Å². The fourth-order valence-corrected chi connectivity index (χ4v) is 5.41. The van der Waals surface area contributed by atoms with Crippen molar-refractivity contribution in [2.75, 3.05) is 26.4 Å². The van der Waals surface area contributed by atoms with Gasteiger partial charge in [-0.3, -0.25) is 4.79 Å². The molecule has 190 valence electrons. The number of aromatic nitrogens is 1. The van der Waals surface area contributed by atoms with Gasteiger partial charge in [0.1, 0.15) is 12.7 Å². The number of benzene rings is 3. The number of hydrogen-bond acceptors (Lipinski definition) is 4. The van der Waals surface area contributed by atoms with Crippen LogP contribution < -0.4 is 9.47 Å². The van der Waals surface area contributed by atoms with Crippen LogP contribution in [0.25, 0.3) is 22.0 Å². The van der Waals surface area contributed by atoms with Crippen LogP contribution in [0.4, 0.5) is 0 Å². The smallest absolute Gasteiger partial charge is 0.256 e. The molecule has 2 aliphatic heterocycles. The molecule has 0 aliphatic carbocycles. The number of nitrogens with zero attached hydrogens (tertiary/aromatic N) is 1. The first-order chi connectivity index (χ1) is 18.0.